The van der Waals surface area contributed by atoms with Crippen molar-refractivity contribution in [1.29, 1.82) is 10.5 Å². The van der Waals surface area contributed by atoms with Gasteiger partial charge in [0.25, 0.3) is 0 Å². The van der Waals surface area contributed by atoms with E-state index in [4.69, 9.17) is 4.74 Å². The Labute approximate surface area is 167 Å². The third-order valence-corrected chi connectivity index (χ3v) is 6.26. The molecule has 0 radical (unpaired) electrons. The van der Waals surface area contributed by atoms with Crippen molar-refractivity contribution in [3.8, 4) is 12.1 Å². The van der Waals surface area contributed by atoms with Crippen molar-refractivity contribution in [3.05, 3.63) is 47.3 Å². The summed E-state index contributed by atoms with van der Waals surface area (Å²) in [7, 11) is 0. The third-order valence-electron chi connectivity index (χ3n) is 3.41. The molecule has 0 atom stereocenters. The minimum absolute atomic E-state index is 0.00646. The first kappa shape index (κ1) is 20.1. The van der Waals surface area contributed by atoms with Gasteiger partial charge in [-0.2, -0.15) is 10.5 Å². The number of Topliss-reactive ketones (excluding diaryl/α,β-unsaturated/α-hetero) is 1. The fourth-order valence-electron chi connectivity index (χ4n) is 2.20. The molecule has 0 bridgehead atoms. The van der Waals surface area contributed by atoms with Gasteiger partial charge in [-0.3, -0.25) is 4.79 Å². The van der Waals surface area contributed by atoms with Crippen LogP contribution in [-0.2, 0) is 16.0 Å². The minimum atomic E-state index is -0.510. The number of carbonyl (C=O) groups is 2. The van der Waals surface area contributed by atoms with Crippen LogP contribution in [0.15, 0.2) is 21.5 Å². The molecule has 5 nitrogen and oxygen atoms in total. The van der Waals surface area contributed by atoms with Gasteiger partial charge < -0.3 is 4.74 Å². The molecule has 0 aliphatic carbocycles. The van der Waals surface area contributed by atoms with Crippen molar-refractivity contribution in [1.82, 2.24) is 0 Å². The van der Waals surface area contributed by atoms with Crippen molar-refractivity contribution in [2.45, 2.75) is 20.3 Å². The predicted molar refractivity (Wildman–Crippen MR) is 104 cm³/mol. The number of hydrogen-bond donors (Lipinski definition) is 0. The first-order chi connectivity index (χ1) is 12.4. The maximum atomic E-state index is 12.5. The molecule has 2 aromatic heterocycles. The standard InChI is InChI=1S/C18H13BrN2O3S2/c1-3-24-18(23)17-10(2)13(9-21)15(26-17)7-14(22)11(8-20)6-12-4-5-16(19)25-12/h4-6H,3,7H2,1-2H3/b11-6+. The van der Waals surface area contributed by atoms with Gasteiger partial charge in [-0.1, -0.05) is 0 Å². The molecule has 2 aromatic rings. The molecular formula is C18H13BrN2O3S2. The average Bonchev–Trinajstić information content (AvgIpc) is 3.15. The van der Waals surface area contributed by atoms with Crippen molar-refractivity contribution in [3.63, 3.8) is 0 Å². The lowest BCUT2D eigenvalue weighted by Crippen LogP contribution is -2.05. The Kier molecular flexibility index (Phi) is 6.87. The van der Waals surface area contributed by atoms with Gasteiger partial charge in [0.15, 0.2) is 5.78 Å². The van der Waals surface area contributed by atoms with E-state index in [-0.39, 0.29) is 18.6 Å². The molecule has 0 saturated carbocycles. The smallest absolute Gasteiger partial charge is 0.348 e. The van der Waals surface area contributed by atoms with Crippen LogP contribution in [0, 0.1) is 29.6 Å². The largest absolute Gasteiger partial charge is 0.462 e. The SMILES string of the molecule is CCOC(=O)c1sc(CC(=O)/C(C#N)=C/c2ccc(Br)s2)c(C#N)c1C. The van der Waals surface area contributed by atoms with Crippen LogP contribution in [0.2, 0.25) is 0 Å². The first-order valence-corrected chi connectivity index (χ1v) is 9.93. The maximum absolute atomic E-state index is 12.5. The van der Waals surface area contributed by atoms with Gasteiger partial charge in [-0.05, 0) is 53.5 Å². The van der Waals surface area contributed by atoms with E-state index in [0.717, 1.165) is 20.0 Å². The highest BCUT2D eigenvalue weighted by atomic mass is 79.9. The molecule has 0 aliphatic heterocycles. The second-order valence-electron chi connectivity index (χ2n) is 5.10. The van der Waals surface area contributed by atoms with Gasteiger partial charge in [0, 0.05) is 16.2 Å². The molecule has 26 heavy (non-hydrogen) atoms. The summed E-state index contributed by atoms with van der Waals surface area (Å²) in [6.45, 7) is 3.58. The van der Waals surface area contributed by atoms with Crippen LogP contribution >= 0.6 is 38.6 Å². The Morgan fingerprint density at radius 3 is 2.58 bits per heavy atom. The van der Waals surface area contributed by atoms with Crippen molar-refractivity contribution >= 4 is 56.4 Å². The van der Waals surface area contributed by atoms with E-state index in [0.29, 0.717) is 20.9 Å². The van der Waals surface area contributed by atoms with E-state index in [9.17, 15) is 20.1 Å². The lowest BCUT2D eigenvalue weighted by Gasteiger charge is -1.98. The molecule has 2 heterocycles. The Bertz CT molecular complexity index is 974. The summed E-state index contributed by atoms with van der Waals surface area (Å²) >= 11 is 5.80. The van der Waals surface area contributed by atoms with E-state index in [1.54, 1.807) is 19.9 Å². The number of thiophene rings is 2. The normalized spacial score (nSPS) is 10.9. The summed E-state index contributed by atoms with van der Waals surface area (Å²) in [5, 5.41) is 18.7. The summed E-state index contributed by atoms with van der Waals surface area (Å²) in [6.07, 6.45) is 1.41. The van der Waals surface area contributed by atoms with Crippen LogP contribution in [0.5, 0.6) is 0 Å². The van der Waals surface area contributed by atoms with Gasteiger partial charge >= 0.3 is 5.97 Å². The number of esters is 1. The number of nitriles is 2. The second-order valence-corrected chi connectivity index (χ2v) is 8.70. The monoisotopic (exact) mass is 448 g/mol. The van der Waals surface area contributed by atoms with E-state index in [2.05, 4.69) is 15.9 Å². The van der Waals surface area contributed by atoms with Crippen LogP contribution in [-0.4, -0.2) is 18.4 Å². The highest BCUT2D eigenvalue weighted by Crippen LogP contribution is 2.30. The highest BCUT2D eigenvalue weighted by Gasteiger charge is 2.23. The topological polar surface area (TPSA) is 90.9 Å². The predicted octanol–water partition coefficient (Wildman–Crippen LogP) is 4.65. The highest BCUT2D eigenvalue weighted by molar-refractivity contribution is 9.11. The summed E-state index contributed by atoms with van der Waals surface area (Å²) in [6, 6.07) is 7.59. The van der Waals surface area contributed by atoms with E-state index < -0.39 is 11.8 Å². The van der Waals surface area contributed by atoms with Crippen LogP contribution in [0.25, 0.3) is 6.08 Å². The number of halogens is 1. The fraction of sp³-hybridized carbons (Fsp3) is 0.222. The zero-order valence-electron chi connectivity index (χ0n) is 14.0. The number of rotatable bonds is 6. The molecule has 0 aliphatic rings. The Hall–Kier alpha value is -2.26. The lowest BCUT2D eigenvalue weighted by atomic mass is 10.0. The van der Waals surface area contributed by atoms with E-state index >= 15 is 0 Å². The Morgan fingerprint density at radius 1 is 1.31 bits per heavy atom. The zero-order chi connectivity index (χ0) is 19.3. The molecule has 0 saturated heterocycles. The van der Waals surface area contributed by atoms with Crippen LogP contribution < -0.4 is 0 Å². The van der Waals surface area contributed by atoms with Crippen molar-refractivity contribution in [2.24, 2.45) is 0 Å². The van der Waals surface area contributed by atoms with Gasteiger partial charge in [-0.25, -0.2) is 4.79 Å². The zero-order valence-corrected chi connectivity index (χ0v) is 17.2. The number of carbonyl (C=O) groups excluding carboxylic acids is 2. The lowest BCUT2D eigenvalue weighted by molar-refractivity contribution is -0.114. The van der Waals surface area contributed by atoms with Gasteiger partial charge in [0.1, 0.15) is 17.0 Å². The van der Waals surface area contributed by atoms with Gasteiger partial charge in [-0.15, -0.1) is 22.7 Å². The summed E-state index contributed by atoms with van der Waals surface area (Å²) in [5.74, 6) is -0.908. The average molecular weight is 449 g/mol. The maximum Gasteiger partial charge on any atom is 0.348 e. The molecule has 0 N–H and O–H groups in total. The minimum Gasteiger partial charge on any atom is -0.462 e. The summed E-state index contributed by atoms with van der Waals surface area (Å²) in [4.78, 5) is 26.1. The van der Waals surface area contributed by atoms with Crippen LogP contribution in [0.4, 0.5) is 0 Å². The van der Waals surface area contributed by atoms with E-state index in [1.807, 2.05) is 18.2 Å². The number of nitrogens with zero attached hydrogens (tertiary/aromatic N) is 2. The van der Waals surface area contributed by atoms with Crippen molar-refractivity contribution < 1.29 is 14.3 Å². The van der Waals surface area contributed by atoms with Crippen LogP contribution in [0.3, 0.4) is 0 Å². The Balaban J connectivity index is 2.32. The van der Waals surface area contributed by atoms with Crippen LogP contribution in [0.1, 0.15) is 37.5 Å². The molecule has 0 unspecified atom stereocenters. The molecule has 0 fully saturated rings. The molecule has 2 rings (SSSR count). The molecule has 0 amide bonds. The molecule has 132 valence electrons. The number of hydrogen-bond acceptors (Lipinski definition) is 7. The molecule has 0 spiro atoms. The van der Waals surface area contributed by atoms with Gasteiger partial charge in [0.2, 0.25) is 0 Å². The summed E-state index contributed by atoms with van der Waals surface area (Å²) < 4.78 is 5.88. The van der Waals surface area contributed by atoms with Gasteiger partial charge in [0.05, 0.1) is 21.5 Å². The molecule has 0 aromatic carbocycles. The number of ether oxygens (including phenoxy) is 1. The third kappa shape index (κ3) is 4.47. The summed E-state index contributed by atoms with van der Waals surface area (Å²) in [5.41, 5.74) is 0.804. The molecule has 8 heteroatoms. The number of allylic oxidation sites excluding steroid dienone is 1. The molecular weight excluding hydrogens is 436 g/mol. The van der Waals surface area contributed by atoms with Crippen molar-refractivity contribution in [2.75, 3.05) is 6.61 Å². The Morgan fingerprint density at radius 2 is 2.04 bits per heavy atom. The first-order valence-electron chi connectivity index (χ1n) is 7.51. The quantitative estimate of drug-likeness (QED) is 0.364. The van der Waals surface area contributed by atoms with E-state index in [1.165, 1.54) is 17.4 Å². The number of ketones is 1. The fourth-order valence-corrected chi connectivity index (χ4v) is 4.71. The second kappa shape index (κ2) is 8.91.